The lowest BCUT2D eigenvalue weighted by molar-refractivity contribution is -0.131. The van der Waals surface area contributed by atoms with E-state index in [1.807, 2.05) is 11.4 Å². The van der Waals surface area contributed by atoms with Crippen LogP contribution >= 0.6 is 23.1 Å². The second-order valence-electron chi connectivity index (χ2n) is 3.60. The molecule has 0 spiro atoms. The second-order valence-corrected chi connectivity index (χ2v) is 6.03. The minimum absolute atomic E-state index is 0.213. The molecule has 0 amide bonds. The van der Waals surface area contributed by atoms with E-state index >= 15 is 0 Å². The first-order valence-electron chi connectivity index (χ1n) is 5.33. The number of rotatable bonds is 7. The molecule has 17 heavy (non-hydrogen) atoms. The van der Waals surface area contributed by atoms with Gasteiger partial charge >= 0.3 is 5.97 Å². The van der Waals surface area contributed by atoms with E-state index in [9.17, 15) is 4.79 Å². The van der Waals surface area contributed by atoms with Crippen molar-refractivity contribution >= 4 is 35.1 Å². The Morgan fingerprint density at radius 1 is 1.65 bits per heavy atom. The lowest BCUT2D eigenvalue weighted by Gasteiger charge is -2.08. The highest BCUT2D eigenvalue weighted by atomic mass is 32.2. The molecular formula is C12H16O3S2. The van der Waals surface area contributed by atoms with Crippen molar-refractivity contribution in [3.05, 3.63) is 28.0 Å². The third-order valence-corrected chi connectivity index (χ3v) is 4.60. The molecule has 3 nitrogen and oxygen atoms in total. The number of thiophene rings is 1. The highest BCUT2D eigenvalue weighted by molar-refractivity contribution is 7.99. The predicted octanol–water partition coefficient (Wildman–Crippen LogP) is 2.85. The molecule has 0 aromatic carbocycles. The molecule has 94 valence electrons. The van der Waals surface area contributed by atoms with Gasteiger partial charge in [0.2, 0.25) is 0 Å². The lowest BCUT2D eigenvalue weighted by Crippen LogP contribution is -1.99. The number of hydrogen-bond acceptors (Lipinski definition) is 4. The standard InChI is InChI=1S/C12H16O3S2/c1-9(4-6-13)17-8-11-10(5-7-16-11)2-3-12(14)15/h2-3,5,7,9,13H,4,6,8H2,1H3,(H,14,15). The van der Waals surface area contributed by atoms with Gasteiger partial charge in [0.25, 0.3) is 0 Å². The molecule has 1 aromatic heterocycles. The molecular weight excluding hydrogens is 256 g/mol. The Hall–Kier alpha value is -0.780. The molecule has 5 heteroatoms. The Balaban J connectivity index is 2.54. The number of carboxylic acid groups (broad SMARTS) is 1. The summed E-state index contributed by atoms with van der Waals surface area (Å²) in [4.78, 5) is 11.6. The summed E-state index contributed by atoms with van der Waals surface area (Å²) < 4.78 is 0. The van der Waals surface area contributed by atoms with Gasteiger partial charge in [-0.3, -0.25) is 0 Å². The summed E-state index contributed by atoms with van der Waals surface area (Å²) in [5.41, 5.74) is 0.973. The number of aliphatic hydroxyl groups is 1. The summed E-state index contributed by atoms with van der Waals surface area (Å²) in [5.74, 6) is -0.0681. The van der Waals surface area contributed by atoms with Crippen LogP contribution in [0.4, 0.5) is 0 Å². The van der Waals surface area contributed by atoms with Gasteiger partial charge in [0.1, 0.15) is 0 Å². The molecule has 0 saturated heterocycles. The van der Waals surface area contributed by atoms with Crippen LogP contribution in [0, 0.1) is 0 Å². The maximum absolute atomic E-state index is 10.4. The van der Waals surface area contributed by atoms with Gasteiger partial charge in [-0.2, -0.15) is 11.8 Å². The summed E-state index contributed by atoms with van der Waals surface area (Å²) in [6.45, 7) is 2.30. The van der Waals surface area contributed by atoms with Gasteiger partial charge in [-0.15, -0.1) is 11.3 Å². The Bertz CT molecular complexity index is 385. The number of thioether (sulfide) groups is 1. The summed E-state index contributed by atoms with van der Waals surface area (Å²) >= 11 is 3.41. The number of carboxylic acids is 1. The van der Waals surface area contributed by atoms with Crippen LogP contribution < -0.4 is 0 Å². The average Bonchev–Trinajstić information content (AvgIpc) is 2.71. The first-order chi connectivity index (χ1) is 8.13. The Kier molecular flexibility index (Phi) is 6.32. The molecule has 1 unspecified atom stereocenters. The maximum Gasteiger partial charge on any atom is 0.328 e. The van der Waals surface area contributed by atoms with Crippen LogP contribution in [0.1, 0.15) is 23.8 Å². The van der Waals surface area contributed by atoms with Crippen LogP contribution in [-0.2, 0) is 10.5 Å². The van der Waals surface area contributed by atoms with E-state index in [2.05, 4.69) is 6.92 Å². The number of aliphatic carboxylic acids is 1. The van der Waals surface area contributed by atoms with Gasteiger partial charge in [0.15, 0.2) is 0 Å². The van der Waals surface area contributed by atoms with Crippen LogP contribution in [0.5, 0.6) is 0 Å². The van der Waals surface area contributed by atoms with Crippen molar-refractivity contribution in [2.45, 2.75) is 24.3 Å². The Morgan fingerprint density at radius 3 is 3.06 bits per heavy atom. The van der Waals surface area contributed by atoms with Gasteiger partial charge in [-0.25, -0.2) is 4.79 Å². The van der Waals surface area contributed by atoms with Gasteiger partial charge in [0.05, 0.1) is 0 Å². The van der Waals surface area contributed by atoms with E-state index in [-0.39, 0.29) is 6.61 Å². The Labute approximate surface area is 109 Å². The van der Waals surface area contributed by atoms with Crippen molar-refractivity contribution in [3.63, 3.8) is 0 Å². The minimum Gasteiger partial charge on any atom is -0.478 e. The van der Waals surface area contributed by atoms with E-state index in [4.69, 9.17) is 10.2 Å². The summed E-state index contributed by atoms with van der Waals surface area (Å²) in [6.07, 6.45) is 3.58. The first-order valence-corrected chi connectivity index (χ1v) is 7.26. The monoisotopic (exact) mass is 272 g/mol. The van der Waals surface area contributed by atoms with E-state index in [1.54, 1.807) is 29.2 Å². The number of hydrogen-bond donors (Lipinski definition) is 2. The van der Waals surface area contributed by atoms with Gasteiger partial charge in [-0.1, -0.05) is 6.92 Å². The van der Waals surface area contributed by atoms with Gasteiger partial charge in [0, 0.05) is 28.6 Å². The molecule has 0 bridgehead atoms. The number of aliphatic hydroxyl groups excluding tert-OH is 1. The van der Waals surface area contributed by atoms with Gasteiger partial charge < -0.3 is 10.2 Å². The highest BCUT2D eigenvalue weighted by Crippen LogP contribution is 2.26. The molecule has 0 radical (unpaired) electrons. The van der Waals surface area contributed by atoms with Gasteiger partial charge in [-0.05, 0) is 29.5 Å². The molecule has 0 aliphatic carbocycles. The van der Waals surface area contributed by atoms with Crippen molar-refractivity contribution in [1.82, 2.24) is 0 Å². The van der Waals surface area contributed by atoms with E-state index < -0.39 is 5.97 Å². The second kappa shape index (κ2) is 7.53. The zero-order valence-corrected chi connectivity index (χ0v) is 11.3. The number of carbonyl (C=O) groups is 1. The molecule has 1 rings (SSSR count). The molecule has 2 N–H and O–H groups in total. The fourth-order valence-electron chi connectivity index (χ4n) is 1.26. The molecule has 0 saturated carbocycles. The zero-order valence-electron chi connectivity index (χ0n) is 9.63. The Morgan fingerprint density at radius 2 is 2.41 bits per heavy atom. The topological polar surface area (TPSA) is 57.5 Å². The quantitative estimate of drug-likeness (QED) is 0.749. The van der Waals surface area contributed by atoms with Crippen LogP contribution in [0.2, 0.25) is 0 Å². The lowest BCUT2D eigenvalue weighted by atomic mass is 10.2. The highest BCUT2D eigenvalue weighted by Gasteiger charge is 2.06. The van der Waals surface area contributed by atoms with Crippen molar-refractivity contribution in [3.8, 4) is 0 Å². The third kappa shape index (κ3) is 5.39. The largest absolute Gasteiger partial charge is 0.478 e. The predicted molar refractivity (Wildman–Crippen MR) is 73.4 cm³/mol. The van der Waals surface area contributed by atoms with E-state index in [1.165, 1.54) is 4.88 Å². The molecule has 0 aliphatic rings. The van der Waals surface area contributed by atoms with Crippen LogP contribution in [0.15, 0.2) is 17.5 Å². The van der Waals surface area contributed by atoms with Crippen molar-refractivity contribution in [2.75, 3.05) is 6.61 Å². The molecule has 1 aromatic rings. The molecule has 0 aliphatic heterocycles. The normalized spacial score (nSPS) is 13.1. The van der Waals surface area contributed by atoms with E-state index in [0.29, 0.717) is 5.25 Å². The zero-order chi connectivity index (χ0) is 12.7. The molecule has 0 fully saturated rings. The first kappa shape index (κ1) is 14.3. The van der Waals surface area contributed by atoms with Crippen LogP contribution in [-0.4, -0.2) is 28.0 Å². The average molecular weight is 272 g/mol. The molecule has 1 heterocycles. The van der Waals surface area contributed by atoms with E-state index in [0.717, 1.165) is 23.8 Å². The fourth-order valence-corrected chi connectivity index (χ4v) is 3.26. The molecule has 1 atom stereocenters. The fraction of sp³-hybridized carbons (Fsp3) is 0.417. The summed E-state index contributed by atoms with van der Waals surface area (Å²) in [7, 11) is 0. The third-order valence-electron chi connectivity index (χ3n) is 2.22. The SMILES string of the molecule is CC(CCO)SCc1sccc1C=CC(=O)O. The summed E-state index contributed by atoms with van der Waals surface area (Å²) in [6, 6.07) is 1.93. The minimum atomic E-state index is -0.927. The maximum atomic E-state index is 10.4. The van der Waals surface area contributed by atoms with Crippen molar-refractivity contribution in [1.29, 1.82) is 0 Å². The summed E-state index contributed by atoms with van der Waals surface area (Å²) in [5, 5.41) is 19.8. The van der Waals surface area contributed by atoms with Crippen LogP contribution in [0.3, 0.4) is 0 Å². The van der Waals surface area contributed by atoms with Crippen LogP contribution in [0.25, 0.3) is 6.08 Å². The van der Waals surface area contributed by atoms with Crippen molar-refractivity contribution < 1.29 is 15.0 Å². The smallest absolute Gasteiger partial charge is 0.328 e. The van der Waals surface area contributed by atoms with Crippen molar-refractivity contribution in [2.24, 2.45) is 0 Å².